The van der Waals surface area contributed by atoms with Crippen LogP contribution in [0.25, 0.3) is 0 Å². The summed E-state index contributed by atoms with van der Waals surface area (Å²) >= 11 is 0. The van der Waals surface area contributed by atoms with Crippen LogP contribution in [0.15, 0.2) is 109 Å². The van der Waals surface area contributed by atoms with E-state index in [9.17, 15) is 14.7 Å². The van der Waals surface area contributed by atoms with Crippen LogP contribution in [-0.2, 0) is 27.4 Å². The van der Waals surface area contributed by atoms with E-state index in [1.54, 1.807) is 0 Å². The Morgan fingerprint density at radius 3 is 2.14 bits per heavy atom. The zero-order valence-corrected chi connectivity index (χ0v) is 29.0. The fraction of sp³-hybridized carbons (Fsp3) is 0.366. The van der Waals surface area contributed by atoms with Crippen molar-refractivity contribution in [2.75, 3.05) is 37.7 Å². The largest absolute Gasteiger partial charge is 0.392 e. The highest BCUT2D eigenvalue weighted by Crippen LogP contribution is 2.47. The van der Waals surface area contributed by atoms with Gasteiger partial charge in [-0.2, -0.15) is 0 Å². The summed E-state index contributed by atoms with van der Waals surface area (Å²) in [6, 6.07) is 36.4. The van der Waals surface area contributed by atoms with Crippen LogP contribution >= 0.6 is 0 Å². The first-order valence-corrected chi connectivity index (χ1v) is 18.0. The molecule has 0 aromatic heterocycles. The van der Waals surface area contributed by atoms with Crippen LogP contribution < -0.4 is 20.9 Å². The average molecular weight is 690 g/mol. The van der Waals surface area contributed by atoms with Gasteiger partial charge < -0.3 is 40.3 Å². The quantitative estimate of drug-likeness (QED) is 0.177. The molecule has 7 rings (SSSR count). The Morgan fingerprint density at radius 2 is 1.47 bits per heavy atom. The molecule has 51 heavy (non-hydrogen) atoms. The number of nitrogens with zero attached hydrogens (tertiary/aromatic N) is 2. The molecule has 3 aliphatic heterocycles. The van der Waals surface area contributed by atoms with Crippen molar-refractivity contribution in [3.8, 4) is 0 Å². The molecule has 1 spiro atoms. The van der Waals surface area contributed by atoms with E-state index in [4.69, 9.17) is 9.47 Å². The molecular weight excluding hydrogens is 642 g/mol. The summed E-state index contributed by atoms with van der Waals surface area (Å²) in [5.41, 5.74) is 5.34. The van der Waals surface area contributed by atoms with Crippen molar-refractivity contribution in [3.63, 3.8) is 0 Å². The third-order valence-electron chi connectivity index (χ3n) is 10.5. The standard InChI is InChI=1S/C41H47N5O5/c1-2-42-40(49)43-25-29-13-19-33(20-14-29)38-50-35(36(31-9-5-3-6-10-31)37(51-38)32-17-15-30(27-47)16-18-32)26-45-23-21-41(22-24-45)39(48)44-28-46(41)34-11-7-4-8-12-34/h3-20,35-38,47H,2,21-28H2,1H3,(H,44,48)(H2,42,43,49). The summed E-state index contributed by atoms with van der Waals surface area (Å²) in [6.45, 7) is 5.53. The van der Waals surface area contributed by atoms with Gasteiger partial charge in [0.25, 0.3) is 0 Å². The summed E-state index contributed by atoms with van der Waals surface area (Å²) in [6.07, 6.45) is 0.244. The Labute approximate surface area is 299 Å². The molecule has 3 heterocycles. The Kier molecular flexibility index (Phi) is 10.6. The van der Waals surface area contributed by atoms with E-state index in [-0.39, 0.29) is 36.7 Å². The number of para-hydroxylation sites is 1. The number of urea groups is 1. The molecule has 3 aliphatic rings. The zero-order chi connectivity index (χ0) is 35.2. The van der Waals surface area contributed by atoms with Crippen molar-refractivity contribution in [2.24, 2.45) is 0 Å². The first-order chi connectivity index (χ1) is 25.0. The predicted octanol–water partition coefficient (Wildman–Crippen LogP) is 5.37. The Bertz CT molecular complexity index is 1750. The lowest BCUT2D eigenvalue weighted by atomic mass is 9.82. The monoisotopic (exact) mass is 689 g/mol. The van der Waals surface area contributed by atoms with Crippen molar-refractivity contribution < 1.29 is 24.2 Å². The SMILES string of the molecule is CCNC(=O)NCc1ccc(C2OC(CN3CCC4(CC3)C(=O)NCN4c3ccccc3)C(c3ccccc3)C(c3ccc(CO)cc3)O2)cc1. The summed E-state index contributed by atoms with van der Waals surface area (Å²) < 4.78 is 13.9. The van der Waals surface area contributed by atoms with E-state index >= 15 is 0 Å². The van der Waals surface area contributed by atoms with Gasteiger partial charge in [-0.3, -0.25) is 4.79 Å². The van der Waals surface area contributed by atoms with E-state index in [0.717, 1.165) is 46.6 Å². The molecular formula is C41H47N5O5. The van der Waals surface area contributed by atoms with Gasteiger partial charge in [-0.15, -0.1) is 0 Å². The number of hydrogen-bond acceptors (Lipinski definition) is 7. The van der Waals surface area contributed by atoms with E-state index in [1.807, 2.05) is 79.7 Å². The molecule has 0 bridgehead atoms. The number of amides is 3. The van der Waals surface area contributed by atoms with Gasteiger partial charge in [0.2, 0.25) is 5.91 Å². The number of likely N-dealkylation sites (tertiary alicyclic amines) is 1. The highest BCUT2D eigenvalue weighted by Gasteiger charge is 2.51. The van der Waals surface area contributed by atoms with Gasteiger partial charge >= 0.3 is 6.03 Å². The summed E-state index contributed by atoms with van der Waals surface area (Å²) in [7, 11) is 0. The molecule has 0 saturated carbocycles. The van der Waals surface area contributed by atoms with Gasteiger partial charge in [-0.05, 0) is 54.2 Å². The maximum Gasteiger partial charge on any atom is 0.315 e. The van der Waals surface area contributed by atoms with Gasteiger partial charge in [0.15, 0.2) is 6.29 Å². The van der Waals surface area contributed by atoms with Crippen molar-refractivity contribution in [2.45, 2.75) is 62.9 Å². The van der Waals surface area contributed by atoms with Crippen molar-refractivity contribution >= 4 is 17.6 Å². The Hall–Kier alpha value is -4.74. The third kappa shape index (κ3) is 7.50. The maximum absolute atomic E-state index is 13.4. The molecule has 4 aromatic rings. The highest BCUT2D eigenvalue weighted by atomic mass is 16.7. The first kappa shape index (κ1) is 34.7. The molecule has 4 atom stereocenters. The minimum absolute atomic E-state index is 0.0280. The van der Waals surface area contributed by atoms with Crippen molar-refractivity contribution in [1.82, 2.24) is 20.9 Å². The van der Waals surface area contributed by atoms with E-state index < -0.39 is 11.8 Å². The summed E-state index contributed by atoms with van der Waals surface area (Å²) in [5.74, 6) is -0.0129. The van der Waals surface area contributed by atoms with Crippen LogP contribution in [-0.4, -0.2) is 66.4 Å². The molecule has 0 aliphatic carbocycles. The second kappa shape index (κ2) is 15.7. The molecule has 3 fully saturated rings. The molecule has 0 radical (unpaired) electrons. The Balaban J connectivity index is 1.16. The number of hydrogen-bond donors (Lipinski definition) is 4. The lowest BCUT2D eigenvalue weighted by molar-refractivity contribution is -0.264. The smallest absolute Gasteiger partial charge is 0.315 e. The number of aliphatic hydroxyl groups is 1. The fourth-order valence-corrected chi connectivity index (χ4v) is 7.76. The molecule has 3 amide bonds. The second-order valence-electron chi connectivity index (χ2n) is 13.6. The number of carbonyl (C=O) groups is 2. The minimum atomic E-state index is -0.631. The van der Waals surface area contributed by atoms with Crippen LogP contribution in [0.4, 0.5) is 10.5 Å². The number of rotatable bonds is 10. The number of carbonyl (C=O) groups excluding carboxylic acids is 2. The lowest BCUT2D eigenvalue weighted by Gasteiger charge is -2.47. The molecule has 266 valence electrons. The fourth-order valence-electron chi connectivity index (χ4n) is 7.76. The van der Waals surface area contributed by atoms with Gasteiger partial charge in [-0.1, -0.05) is 97.1 Å². The van der Waals surface area contributed by atoms with E-state index in [1.165, 1.54) is 0 Å². The van der Waals surface area contributed by atoms with Gasteiger partial charge in [0, 0.05) is 49.9 Å². The first-order valence-electron chi connectivity index (χ1n) is 18.0. The Morgan fingerprint density at radius 1 is 0.824 bits per heavy atom. The van der Waals surface area contributed by atoms with Crippen molar-refractivity contribution in [1.29, 1.82) is 0 Å². The topological polar surface area (TPSA) is 115 Å². The summed E-state index contributed by atoms with van der Waals surface area (Å²) in [5, 5.41) is 18.5. The molecule has 10 nitrogen and oxygen atoms in total. The van der Waals surface area contributed by atoms with Crippen LogP contribution in [0.1, 0.15) is 65.9 Å². The lowest BCUT2D eigenvalue weighted by Crippen LogP contribution is -2.57. The highest BCUT2D eigenvalue weighted by molar-refractivity contribution is 5.93. The molecule has 10 heteroatoms. The average Bonchev–Trinajstić information content (AvgIpc) is 3.49. The predicted molar refractivity (Wildman–Crippen MR) is 196 cm³/mol. The number of benzene rings is 4. The van der Waals surface area contributed by atoms with Crippen LogP contribution in [0.3, 0.4) is 0 Å². The van der Waals surface area contributed by atoms with Gasteiger partial charge in [0.1, 0.15) is 5.54 Å². The van der Waals surface area contributed by atoms with Crippen LogP contribution in [0, 0.1) is 0 Å². The zero-order valence-electron chi connectivity index (χ0n) is 29.0. The molecule has 4 unspecified atom stereocenters. The minimum Gasteiger partial charge on any atom is -0.392 e. The van der Waals surface area contributed by atoms with E-state index in [2.05, 4.69) is 62.1 Å². The molecule has 3 saturated heterocycles. The normalized spacial score (nSPS) is 23.2. The number of ether oxygens (including phenoxy) is 2. The summed E-state index contributed by atoms with van der Waals surface area (Å²) in [4.78, 5) is 30.0. The maximum atomic E-state index is 13.4. The number of anilines is 1. The van der Waals surface area contributed by atoms with Crippen LogP contribution in [0.5, 0.6) is 0 Å². The number of nitrogens with one attached hydrogen (secondary N) is 3. The molecule has 4 aromatic carbocycles. The van der Waals surface area contributed by atoms with Gasteiger partial charge in [0.05, 0.1) is 25.5 Å². The van der Waals surface area contributed by atoms with Crippen molar-refractivity contribution in [3.05, 3.63) is 137 Å². The van der Waals surface area contributed by atoms with E-state index in [0.29, 0.717) is 39.1 Å². The number of aliphatic hydroxyl groups excluding tert-OH is 1. The third-order valence-corrected chi connectivity index (χ3v) is 10.5. The number of piperidine rings is 1. The van der Waals surface area contributed by atoms with Gasteiger partial charge in [-0.25, -0.2) is 4.79 Å². The molecule has 4 N–H and O–H groups in total. The second-order valence-corrected chi connectivity index (χ2v) is 13.6. The van der Waals surface area contributed by atoms with Crippen LogP contribution in [0.2, 0.25) is 0 Å².